The summed E-state index contributed by atoms with van der Waals surface area (Å²) in [5.74, 6) is -1.23. The molecule has 0 aliphatic carbocycles. The molecule has 0 bridgehead atoms. The van der Waals surface area contributed by atoms with E-state index < -0.39 is 5.97 Å². The number of hydrogen-bond acceptors (Lipinski definition) is 3. The number of amides is 1. The Hall–Kier alpha value is -2.11. The van der Waals surface area contributed by atoms with Gasteiger partial charge in [0.15, 0.2) is 0 Å². The van der Waals surface area contributed by atoms with Gasteiger partial charge >= 0.3 is 5.97 Å². The van der Waals surface area contributed by atoms with Crippen LogP contribution in [0.5, 0.6) is 0 Å². The van der Waals surface area contributed by atoms with E-state index in [0.717, 1.165) is 16.5 Å². The first kappa shape index (κ1) is 15.3. The molecular formula is C15H12ClNO3S. The second-order valence-electron chi connectivity index (χ2n) is 4.18. The highest BCUT2D eigenvalue weighted by Crippen LogP contribution is 2.17. The fourth-order valence-corrected chi connectivity index (χ4v) is 2.67. The van der Waals surface area contributed by atoms with Crippen molar-refractivity contribution >= 4 is 40.9 Å². The van der Waals surface area contributed by atoms with Crippen LogP contribution in [0.1, 0.15) is 20.8 Å². The number of benzene rings is 1. The number of halogens is 1. The number of aliphatic carboxylic acids is 1. The summed E-state index contributed by atoms with van der Waals surface area (Å²) in [5.41, 5.74) is 1.23. The van der Waals surface area contributed by atoms with Gasteiger partial charge < -0.3 is 10.4 Å². The molecule has 2 rings (SSSR count). The molecule has 0 unspecified atom stereocenters. The summed E-state index contributed by atoms with van der Waals surface area (Å²) in [4.78, 5) is 23.3. The Morgan fingerprint density at radius 1 is 1.33 bits per heavy atom. The average molecular weight is 322 g/mol. The quantitative estimate of drug-likeness (QED) is 0.829. The molecular weight excluding hydrogens is 310 g/mol. The van der Waals surface area contributed by atoms with Crippen molar-refractivity contribution in [3.8, 4) is 0 Å². The molecule has 1 aromatic heterocycles. The van der Waals surface area contributed by atoms with E-state index in [-0.39, 0.29) is 5.91 Å². The van der Waals surface area contributed by atoms with E-state index >= 15 is 0 Å². The molecule has 0 spiro atoms. The molecule has 1 aromatic carbocycles. The molecule has 2 N–H and O–H groups in total. The normalized spacial score (nSPS) is 10.7. The maximum absolute atomic E-state index is 12.0. The molecule has 0 radical (unpaired) electrons. The van der Waals surface area contributed by atoms with Gasteiger partial charge in [0.2, 0.25) is 0 Å². The second kappa shape index (κ2) is 7.06. The van der Waals surface area contributed by atoms with Crippen molar-refractivity contribution in [2.45, 2.75) is 6.54 Å². The number of carboxylic acid groups (broad SMARTS) is 1. The van der Waals surface area contributed by atoms with Gasteiger partial charge in [-0.15, -0.1) is 11.3 Å². The molecule has 0 aliphatic rings. The van der Waals surface area contributed by atoms with E-state index in [1.807, 2.05) is 11.4 Å². The zero-order chi connectivity index (χ0) is 15.2. The van der Waals surface area contributed by atoms with Crippen molar-refractivity contribution in [2.24, 2.45) is 0 Å². The zero-order valence-corrected chi connectivity index (χ0v) is 12.4. The number of thiophene rings is 1. The third kappa shape index (κ3) is 4.44. The van der Waals surface area contributed by atoms with E-state index in [1.165, 1.54) is 17.4 Å². The molecule has 2 aromatic rings. The van der Waals surface area contributed by atoms with Gasteiger partial charge in [-0.25, -0.2) is 4.79 Å². The van der Waals surface area contributed by atoms with Crippen LogP contribution in [0.2, 0.25) is 5.02 Å². The molecule has 0 saturated carbocycles. The molecule has 0 saturated heterocycles. The lowest BCUT2D eigenvalue weighted by Crippen LogP contribution is -2.22. The fraction of sp³-hybridized carbons (Fsp3) is 0.0667. The largest absolute Gasteiger partial charge is 0.478 e. The maximum Gasteiger partial charge on any atom is 0.328 e. The van der Waals surface area contributed by atoms with E-state index in [1.54, 1.807) is 24.3 Å². The Morgan fingerprint density at radius 2 is 2.10 bits per heavy atom. The van der Waals surface area contributed by atoms with Crippen molar-refractivity contribution in [1.82, 2.24) is 5.32 Å². The SMILES string of the molecule is O=C(O)C=Cc1csc(CNC(=O)c2ccccc2Cl)c1. The van der Waals surface area contributed by atoms with E-state index in [0.29, 0.717) is 17.1 Å². The topological polar surface area (TPSA) is 66.4 Å². The van der Waals surface area contributed by atoms with Crippen LogP contribution in [0, 0.1) is 0 Å². The predicted molar refractivity (Wildman–Crippen MR) is 83.6 cm³/mol. The number of hydrogen-bond donors (Lipinski definition) is 2. The molecule has 21 heavy (non-hydrogen) atoms. The molecule has 108 valence electrons. The minimum Gasteiger partial charge on any atom is -0.478 e. The molecule has 0 atom stereocenters. The Labute approximate surface area is 130 Å². The Morgan fingerprint density at radius 3 is 2.81 bits per heavy atom. The zero-order valence-electron chi connectivity index (χ0n) is 10.9. The van der Waals surface area contributed by atoms with Crippen molar-refractivity contribution in [3.05, 3.63) is 62.8 Å². The number of carboxylic acids is 1. The molecule has 4 nitrogen and oxygen atoms in total. The molecule has 6 heteroatoms. The number of rotatable bonds is 5. The minimum absolute atomic E-state index is 0.239. The van der Waals surface area contributed by atoms with E-state index in [2.05, 4.69) is 5.32 Å². The minimum atomic E-state index is -0.991. The van der Waals surface area contributed by atoms with Crippen LogP contribution in [0.25, 0.3) is 6.08 Å². The van der Waals surface area contributed by atoms with Gasteiger partial charge in [-0.05, 0) is 35.2 Å². The Balaban J connectivity index is 1.96. The first-order valence-electron chi connectivity index (χ1n) is 6.07. The third-order valence-electron chi connectivity index (χ3n) is 2.63. The lowest BCUT2D eigenvalue weighted by atomic mass is 10.2. The smallest absolute Gasteiger partial charge is 0.328 e. The van der Waals surface area contributed by atoms with E-state index in [4.69, 9.17) is 16.7 Å². The van der Waals surface area contributed by atoms with Crippen LogP contribution in [0.4, 0.5) is 0 Å². The van der Waals surface area contributed by atoms with Gasteiger partial charge in [-0.1, -0.05) is 23.7 Å². The average Bonchev–Trinajstić information content (AvgIpc) is 2.91. The summed E-state index contributed by atoms with van der Waals surface area (Å²) in [6, 6.07) is 8.67. The van der Waals surface area contributed by atoms with Gasteiger partial charge in [-0.2, -0.15) is 0 Å². The number of carbonyl (C=O) groups excluding carboxylic acids is 1. The second-order valence-corrected chi connectivity index (χ2v) is 5.58. The van der Waals surface area contributed by atoms with Crippen LogP contribution in [-0.4, -0.2) is 17.0 Å². The highest BCUT2D eigenvalue weighted by atomic mass is 35.5. The summed E-state index contributed by atoms with van der Waals surface area (Å²) in [7, 11) is 0. The lowest BCUT2D eigenvalue weighted by molar-refractivity contribution is -0.131. The molecule has 1 amide bonds. The lowest BCUT2D eigenvalue weighted by Gasteiger charge is -2.05. The third-order valence-corrected chi connectivity index (χ3v) is 3.92. The van der Waals surface area contributed by atoms with Gasteiger partial charge in [0.05, 0.1) is 17.1 Å². The standard InChI is InChI=1S/C15H12ClNO3S/c16-13-4-2-1-3-12(13)15(20)17-8-11-7-10(9-21-11)5-6-14(18)19/h1-7,9H,8H2,(H,17,20)(H,18,19). The van der Waals surface area contributed by atoms with Crippen LogP contribution in [0.15, 0.2) is 41.8 Å². The summed E-state index contributed by atoms with van der Waals surface area (Å²) in [5, 5.41) is 13.6. The Bertz CT molecular complexity index is 694. The Kier molecular flexibility index (Phi) is 5.14. The van der Waals surface area contributed by atoms with Gasteiger partial charge in [0, 0.05) is 11.0 Å². The molecule has 0 fully saturated rings. The predicted octanol–water partition coefficient (Wildman–Crippen LogP) is 3.43. The van der Waals surface area contributed by atoms with Crippen molar-refractivity contribution in [1.29, 1.82) is 0 Å². The number of nitrogens with one attached hydrogen (secondary N) is 1. The summed E-state index contributed by atoms with van der Waals surface area (Å²) < 4.78 is 0. The highest BCUT2D eigenvalue weighted by molar-refractivity contribution is 7.10. The van der Waals surface area contributed by atoms with Crippen LogP contribution in [0.3, 0.4) is 0 Å². The van der Waals surface area contributed by atoms with Crippen LogP contribution >= 0.6 is 22.9 Å². The summed E-state index contributed by atoms with van der Waals surface area (Å²) in [6.45, 7) is 0.371. The van der Waals surface area contributed by atoms with Crippen molar-refractivity contribution in [3.63, 3.8) is 0 Å². The van der Waals surface area contributed by atoms with Crippen LogP contribution in [-0.2, 0) is 11.3 Å². The first-order chi connectivity index (χ1) is 10.1. The number of carbonyl (C=O) groups is 2. The maximum atomic E-state index is 12.0. The fourth-order valence-electron chi connectivity index (χ4n) is 1.65. The van der Waals surface area contributed by atoms with Crippen LogP contribution < -0.4 is 5.32 Å². The van der Waals surface area contributed by atoms with Gasteiger partial charge in [0.25, 0.3) is 5.91 Å². The first-order valence-corrected chi connectivity index (χ1v) is 7.33. The van der Waals surface area contributed by atoms with Crippen molar-refractivity contribution in [2.75, 3.05) is 0 Å². The van der Waals surface area contributed by atoms with Gasteiger partial charge in [-0.3, -0.25) is 4.79 Å². The summed E-state index contributed by atoms with van der Waals surface area (Å²) >= 11 is 7.40. The van der Waals surface area contributed by atoms with E-state index in [9.17, 15) is 9.59 Å². The molecule has 0 aliphatic heterocycles. The van der Waals surface area contributed by atoms with Crippen molar-refractivity contribution < 1.29 is 14.7 Å². The molecule has 1 heterocycles. The monoisotopic (exact) mass is 321 g/mol. The van der Waals surface area contributed by atoms with Gasteiger partial charge in [0.1, 0.15) is 0 Å². The summed E-state index contributed by atoms with van der Waals surface area (Å²) in [6.07, 6.45) is 2.59. The highest BCUT2D eigenvalue weighted by Gasteiger charge is 2.09.